The van der Waals surface area contributed by atoms with E-state index in [1.807, 2.05) is 48.5 Å². The Kier molecular flexibility index (Phi) is 7.90. The molecule has 0 saturated heterocycles. The van der Waals surface area contributed by atoms with E-state index in [0.29, 0.717) is 6.54 Å². The first-order valence-electron chi connectivity index (χ1n) is 9.06. The highest BCUT2D eigenvalue weighted by Gasteiger charge is 2.17. The molecule has 2 aromatic carbocycles. The molecule has 4 heteroatoms. The Hall–Kier alpha value is -2.59. The van der Waals surface area contributed by atoms with Gasteiger partial charge in [0.2, 0.25) is 5.91 Å². The molecular weight excluding hydrogens is 324 g/mol. The van der Waals surface area contributed by atoms with Gasteiger partial charge in [0.25, 0.3) is 0 Å². The van der Waals surface area contributed by atoms with Crippen LogP contribution in [0.25, 0.3) is 6.08 Å². The minimum absolute atomic E-state index is 0.0890. The first-order chi connectivity index (χ1) is 12.7. The van der Waals surface area contributed by atoms with E-state index in [-0.39, 0.29) is 11.9 Å². The van der Waals surface area contributed by atoms with E-state index in [2.05, 4.69) is 36.2 Å². The van der Waals surface area contributed by atoms with Crippen LogP contribution in [-0.2, 0) is 4.79 Å². The number of carbonyl (C=O) groups excluding carboxylic acids is 1. The molecule has 1 unspecified atom stereocenters. The molecule has 1 N–H and O–H groups in total. The lowest BCUT2D eigenvalue weighted by molar-refractivity contribution is -0.116. The average molecular weight is 352 g/mol. The van der Waals surface area contributed by atoms with E-state index in [1.165, 1.54) is 5.56 Å². The summed E-state index contributed by atoms with van der Waals surface area (Å²) in [5.41, 5.74) is 2.18. The highest BCUT2D eigenvalue weighted by Crippen LogP contribution is 2.19. The van der Waals surface area contributed by atoms with E-state index in [9.17, 15) is 4.79 Å². The molecule has 1 amide bonds. The molecule has 2 aromatic rings. The summed E-state index contributed by atoms with van der Waals surface area (Å²) >= 11 is 0. The lowest BCUT2D eigenvalue weighted by Gasteiger charge is -2.30. The second-order valence-electron chi connectivity index (χ2n) is 6.00. The Morgan fingerprint density at radius 3 is 2.31 bits per heavy atom. The summed E-state index contributed by atoms with van der Waals surface area (Å²) in [5.74, 6) is 0.713. The van der Waals surface area contributed by atoms with Crippen molar-refractivity contribution in [2.45, 2.75) is 19.9 Å². The van der Waals surface area contributed by atoms with Crippen LogP contribution in [0.15, 0.2) is 60.7 Å². The third-order valence-corrected chi connectivity index (χ3v) is 4.45. The van der Waals surface area contributed by atoms with Crippen LogP contribution in [0.4, 0.5) is 0 Å². The van der Waals surface area contributed by atoms with Gasteiger partial charge in [0.1, 0.15) is 5.75 Å². The van der Waals surface area contributed by atoms with Crippen molar-refractivity contribution >= 4 is 12.0 Å². The molecule has 0 aliphatic carbocycles. The second kappa shape index (κ2) is 10.4. The van der Waals surface area contributed by atoms with Gasteiger partial charge in [-0.3, -0.25) is 9.69 Å². The third kappa shape index (κ3) is 5.74. The van der Waals surface area contributed by atoms with Crippen molar-refractivity contribution in [1.82, 2.24) is 10.2 Å². The number of methoxy groups -OCH3 is 1. The first kappa shape index (κ1) is 19.7. The predicted molar refractivity (Wildman–Crippen MR) is 107 cm³/mol. The van der Waals surface area contributed by atoms with E-state index in [1.54, 1.807) is 13.2 Å². The van der Waals surface area contributed by atoms with Gasteiger partial charge in [-0.2, -0.15) is 0 Å². The normalized spacial score (nSPS) is 12.3. The zero-order chi connectivity index (χ0) is 18.8. The summed E-state index contributed by atoms with van der Waals surface area (Å²) in [6.45, 7) is 6.74. The Morgan fingerprint density at radius 2 is 1.73 bits per heavy atom. The molecule has 0 fully saturated rings. The highest BCUT2D eigenvalue weighted by atomic mass is 16.5. The predicted octanol–water partition coefficient (Wildman–Crippen LogP) is 3.91. The van der Waals surface area contributed by atoms with Gasteiger partial charge in [0.15, 0.2) is 0 Å². The summed E-state index contributed by atoms with van der Waals surface area (Å²) in [6.07, 6.45) is 3.38. The molecular formula is C22H28N2O2. The van der Waals surface area contributed by atoms with E-state index < -0.39 is 0 Å². The van der Waals surface area contributed by atoms with Crippen molar-refractivity contribution in [2.24, 2.45) is 0 Å². The van der Waals surface area contributed by atoms with Crippen LogP contribution in [0.1, 0.15) is 31.0 Å². The lowest BCUT2D eigenvalue weighted by Crippen LogP contribution is -2.37. The number of amides is 1. The second-order valence-corrected chi connectivity index (χ2v) is 6.00. The van der Waals surface area contributed by atoms with Crippen molar-refractivity contribution in [2.75, 3.05) is 26.7 Å². The molecule has 0 saturated carbocycles. The van der Waals surface area contributed by atoms with Gasteiger partial charge in [-0.15, -0.1) is 0 Å². The van der Waals surface area contributed by atoms with E-state index >= 15 is 0 Å². The fourth-order valence-electron chi connectivity index (χ4n) is 2.94. The summed E-state index contributed by atoms with van der Waals surface area (Å²) in [4.78, 5) is 14.6. The Labute approximate surface area is 156 Å². The maximum Gasteiger partial charge on any atom is 0.244 e. The summed E-state index contributed by atoms with van der Waals surface area (Å²) in [5, 5.41) is 3.03. The number of hydrogen-bond donors (Lipinski definition) is 1. The molecule has 26 heavy (non-hydrogen) atoms. The number of ether oxygens (including phenoxy) is 1. The quantitative estimate of drug-likeness (QED) is 0.696. The molecule has 0 aromatic heterocycles. The maximum absolute atomic E-state index is 12.2. The number of nitrogens with one attached hydrogen (secondary N) is 1. The molecule has 0 spiro atoms. The largest absolute Gasteiger partial charge is 0.497 e. The van der Waals surface area contributed by atoms with Crippen molar-refractivity contribution in [3.05, 3.63) is 71.8 Å². The standard InChI is InChI=1S/C22H28N2O2/c1-4-24(5-2)21(19-9-7-6-8-10-19)17-23-22(25)16-13-18-11-14-20(26-3)15-12-18/h6-16,21H,4-5,17H2,1-3H3,(H,23,25)/b16-13+. The number of carbonyl (C=O) groups is 1. The molecule has 0 radical (unpaired) electrons. The number of nitrogens with zero attached hydrogens (tertiary/aromatic N) is 1. The lowest BCUT2D eigenvalue weighted by atomic mass is 10.1. The first-order valence-corrected chi connectivity index (χ1v) is 9.06. The van der Waals surface area contributed by atoms with Gasteiger partial charge in [-0.1, -0.05) is 56.3 Å². The van der Waals surface area contributed by atoms with Crippen molar-refractivity contribution < 1.29 is 9.53 Å². The number of rotatable bonds is 9. The molecule has 0 aliphatic heterocycles. The van der Waals surface area contributed by atoms with E-state index in [0.717, 1.165) is 24.4 Å². The van der Waals surface area contributed by atoms with Crippen molar-refractivity contribution in [3.8, 4) is 5.75 Å². The zero-order valence-electron chi connectivity index (χ0n) is 15.8. The van der Waals surface area contributed by atoms with Crippen LogP contribution in [0.5, 0.6) is 5.75 Å². The van der Waals surface area contributed by atoms with Crippen molar-refractivity contribution in [1.29, 1.82) is 0 Å². The molecule has 0 bridgehead atoms. The van der Waals surface area contributed by atoms with Crippen LogP contribution in [0, 0.1) is 0 Å². The molecule has 0 heterocycles. The molecule has 0 aliphatic rings. The smallest absolute Gasteiger partial charge is 0.244 e. The molecule has 138 valence electrons. The third-order valence-electron chi connectivity index (χ3n) is 4.45. The van der Waals surface area contributed by atoms with Crippen LogP contribution in [-0.4, -0.2) is 37.6 Å². The minimum atomic E-state index is -0.0890. The van der Waals surface area contributed by atoms with Crippen molar-refractivity contribution in [3.63, 3.8) is 0 Å². The summed E-state index contributed by atoms with van der Waals surface area (Å²) in [6, 6.07) is 18.1. The van der Waals surface area contributed by atoms with Gasteiger partial charge in [0, 0.05) is 12.6 Å². The number of likely N-dealkylation sites (N-methyl/N-ethyl adjacent to an activating group) is 1. The number of benzene rings is 2. The fourth-order valence-corrected chi connectivity index (χ4v) is 2.94. The monoisotopic (exact) mass is 352 g/mol. The van der Waals surface area contributed by atoms with Crippen LogP contribution >= 0.6 is 0 Å². The zero-order valence-corrected chi connectivity index (χ0v) is 15.8. The summed E-state index contributed by atoms with van der Waals surface area (Å²) < 4.78 is 5.14. The topological polar surface area (TPSA) is 41.6 Å². The Bertz CT molecular complexity index is 692. The van der Waals surface area contributed by atoms with Gasteiger partial charge in [0.05, 0.1) is 13.2 Å². The highest BCUT2D eigenvalue weighted by molar-refractivity contribution is 5.91. The molecule has 1 atom stereocenters. The maximum atomic E-state index is 12.2. The SMILES string of the molecule is CCN(CC)C(CNC(=O)/C=C/c1ccc(OC)cc1)c1ccccc1. The van der Waals surface area contributed by atoms with Gasteiger partial charge < -0.3 is 10.1 Å². The summed E-state index contributed by atoms with van der Waals surface area (Å²) in [7, 11) is 1.64. The minimum Gasteiger partial charge on any atom is -0.497 e. The van der Waals surface area contributed by atoms with E-state index in [4.69, 9.17) is 4.74 Å². The fraction of sp³-hybridized carbons (Fsp3) is 0.318. The van der Waals surface area contributed by atoms with Gasteiger partial charge >= 0.3 is 0 Å². The average Bonchev–Trinajstić information content (AvgIpc) is 2.70. The van der Waals surface area contributed by atoms with Crippen LogP contribution in [0.2, 0.25) is 0 Å². The molecule has 2 rings (SSSR count). The Balaban J connectivity index is 1.98. The molecule has 4 nitrogen and oxygen atoms in total. The van der Waals surface area contributed by atoms with Crippen LogP contribution < -0.4 is 10.1 Å². The number of hydrogen-bond acceptors (Lipinski definition) is 3. The van der Waals surface area contributed by atoms with Gasteiger partial charge in [-0.05, 0) is 42.4 Å². The van der Waals surface area contributed by atoms with Crippen LogP contribution in [0.3, 0.4) is 0 Å². The van der Waals surface area contributed by atoms with Gasteiger partial charge in [-0.25, -0.2) is 0 Å². The Morgan fingerprint density at radius 1 is 1.08 bits per heavy atom.